The van der Waals surface area contributed by atoms with E-state index in [1.165, 1.54) is 25.1 Å². The molecule has 1 saturated carbocycles. The number of alkyl halides is 1. The Bertz CT molecular complexity index is 989. The largest absolute Gasteiger partial charge is 0.477 e. The molecule has 0 bridgehead atoms. The molecule has 1 fully saturated rings. The predicted octanol–water partition coefficient (Wildman–Crippen LogP) is 5.12. The maximum absolute atomic E-state index is 15.5. The van der Waals surface area contributed by atoms with Crippen LogP contribution in [0.4, 0.5) is 4.39 Å². The number of thiophene rings is 1. The summed E-state index contributed by atoms with van der Waals surface area (Å²) < 4.78 is 40.3. The second-order valence-electron chi connectivity index (χ2n) is 7.83. The van der Waals surface area contributed by atoms with Crippen molar-refractivity contribution < 1.29 is 32.9 Å². The highest BCUT2D eigenvalue weighted by Gasteiger charge is 2.43. The van der Waals surface area contributed by atoms with Crippen LogP contribution in [0.5, 0.6) is 0 Å². The first-order valence-corrected chi connectivity index (χ1v) is 12.2. The van der Waals surface area contributed by atoms with Crippen molar-refractivity contribution in [2.24, 2.45) is 5.92 Å². The van der Waals surface area contributed by atoms with Crippen LogP contribution in [0, 0.1) is 5.92 Å². The molecule has 3 unspecified atom stereocenters. The molecule has 2 aromatic rings. The van der Waals surface area contributed by atoms with Gasteiger partial charge in [-0.25, -0.2) is 14.3 Å². The molecule has 164 valence electrons. The van der Waals surface area contributed by atoms with E-state index in [-0.39, 0.29) is 29.1 Å². The number of ether oxygens (including phenoxy) is 1. The Morgan fingerprint density at radius 2 is 2.00 bits per heavy atom. The van der Waals surface area contributed by atoms with Gasteiger partial charge in [-0.1, -0.05) is 19.9 Å². The molecule has 3 atom stereocenters. The fourth-order valence-corrected chi connectivity index (χ4v) is 5.78. The highest BCUT2D eigenvalue weighted by atomic mass is 32.1. The predicted molar refractivity (Wildman–Crippen MR) is 113 cm³/mol. The standard InChI is InChI=1S/C20H25FNO6PS/c1-11(2)10-27-20(25)12(3)22-29(26,28-15-5-6-15)18(21)13-4-7-16-14(8-13)9-17(30-16)19(23)24/h4,7-9,11-12,15,18H,5-6,10H2,1-3H3,(H,22,26)(H,23,24). The van der Waals surface area contributed by atoms with Crippen LogP contribution in [0.2, 0.25) is 0 Å². The van der Waals surface area contributed by atoms with Crippen LogP contribution in [0.25, 0.3) is 10.1 Å². The summed E-state index contributed by atoms with van der Waals surface area (Å²) in [5.41, 5.74) is 0.0940. The van der Waals surface area contributed by atoms with Gasteiger partial charge < -0.3 is 14.4 Å². The Kier molecular flexibility index (Phi) is 6.97. The minimum Gasteiger partial charge on any atom is -0.477 e. The Balaban J connectivity index is 1.83. The van der Waals surface area contributed by atoms with Crippen LogP contribution in [0.1, 0.15) is 54.8 Å². The molecule has 7 nitrogen and oxygen atoms in total. The fourth-order valence-electron chi connectivity index (χ4n) is 2.75. The maximum Gasteiger partial charge on any atom is 0.345 e. The van der Waals surface area contributed by atoms with E-state index in [2.05, 4.69) is 5.09 Å². The van der Waals surface area contributed by atoms with Gasteiger partial charge in [-0.05, 0) is 54.8 Å². The van der Waals surface area contributed by atoms with Crippen LogP contribution >= 0.6 is 18.9 Å². The number of carbonyl (C=O) groups is 2. The minimum atomic E-state index is -4.10. The molecule has 0 radical (unpaired) electrons. The fraction of sp³-hybridized carbons (Fsp3) is 0.500. The van der Waals surface area contributed by atoms with Crippen molar-refractivity contribution in [2.75, 3.05) is 6.61 Å². The van der Waals surface area contributed by atoms with Gasteiger partial charge in [0.1, 0.15) is 10.9 Å². The number of hydrogen-bond acceptors (Lipinski definition) is 6. The third kappa shape index (κ3) is 5.46. The average Bonchev–Trinajstić information content (AvgIpc) is 3.38. The number of fused-ring (bicyclic) bond motifs is 1. The molecule has 3 rings (SSSR count). The number of carboxylic acid groups (broad SMARTS) is 1. The van der Waals surface area contributed by atoms with Gasteiger partial charge in [0, 0.05) is 4.70 Å². The number of esters is 1. The number of halogens is 1. The summed E-state index contributed by atoms with van der Waals surface area (Å²) in [6.07, 6.45) is 1.04. The van der Waals surface area contributed by atoms with Crippen molar-refractivity contribution in [3.8, 4) is 0 Å². The molecule has 1 heterocycles. The van der Waals surface area contributed by atoms with Gasteiger partial charge >= 0.3 is 19.5 Å². The van der Waals surface area contributed by atoms with Gasteiger partial charge in [-0.15, -0.1) is 11.3 Å². The summed E-state index contributed by atoms with van der Waals surface area (Å²) in [5.74, 6) is -3.57. The molecule has 0 saturated heterocycles. The van der Waals surface area contributed by atoms with Gasteiger partial charge in [-0.3, -0.25) is 9.36 Å². The van der Waals surface area contributed by atoms with E-state index in [1.807, 2.05) is 13.8 Å². The average molecular weight is 457 g/mol. The van der Waals surface area contributed by atoms with Crippen LogP contribution in [0.15, 0.2) is 24.3 Å². The number of carbonyl (C=O) groups excluding carboxylic acids is 1. The Morgan fingerprint density at radius 3 is 2.60 bits per heavy atom. The van der Waals surface area contributed by atoms with E-state index < -0.39 is 31.4 Å². The number of hydrogen-bond donors (Lipinski definition) is 2. The molecule has 0 aliphatic heterocycles. The first kappa shape index (κ1) is 22.9. The number of benzene rings is 1. The minimum absolute atomic E-state index is 0.0940. The molecule has 1 aliphatic rings. The second kappa shape index (κ2) is 9.14. The molecule has 0 spiro atoms. The zero-order chi connectivity index (χ0) is 22.1. The lowest BCUT2D eigenvalue weighted by Gasteiger charge is -2.26. The first-order valence-electron chi connectivity index (χ1n) is 9.72. The van der Waals surface area contributed by atoms with Crippen LogP contribution < -0.4 is 5.09 Å². The number of nitrogens with one attached hydrogen (secondary N) is 1. The Hall–Kier alpha value is -1.80. The molecule has 1 aliphatic carbocycles. The third-order valence-electron chi connectivity index (χ3n) is 4.44. The summed E-state index contributed by atoms with van der Waals surface area (Å²) >= 11 is 1.08. The monoisotopic (exact) mass is 457 g/mol. The lowest BCUT2D eigenvalue weighted by Crippen LogP contribution is -2.35. The zero-order valence-corrected chi connectivity index (χ0v) is 18.7. The second-order valence-corrected chi connectivity index (χ2v) is 11.0. The van der Waals surface area contributed by atoms with Crippen LogP contribution in [-0.4, -0.2) is 35.8 Å². The van der Waals surface area contributed by atoms with Gasteiger partial charge in [0.15, 0.2) is 0 Å². The normalized spacial score (nSPS) is 18.2. The van der Waals surface area contributed by atoms with Gasteiger partial charge in [0.25, 0.3) is 0 Å². The summed E-state index contributed by atoms with van der Waals surface area (Å²) in [5, 5.41) is 12.2. The molecule has 0 amide bonds. The Labute approximate surface area is 178 Å². The van der Waals surface area contributed by atoms with E-state index in [9.17, 15) is 14.2 Å². The number of carboxylic acids is 1. The number of rotatable bonds is 10. The molecule has 10 heteroatoms. The van der Waals surface area contributed by atoms with Crippen molar-refractivity contribution in [1.29, 1.82) is 0 Å². The van der Waals surface area contributed by atoms with Crippen molar-refractivity contribution in [2.45, 2.75) is 51.7 Å². The first-order chi connectivity index (χ1) is 14.1. The smallest absolute Gasteiger partial charge is 0.345 e. The van der Waals surface area contributed by atoms with Gasteiger partial charge in [-0.2, -0.15) is 0 Å². The summed E-state index contributed by atoms with van der Waals surface area (Å²) in [4.78, 5) is 23.5. The summed E-state index contributed by atoms with van der Waals surface area (Å²) in [7, 11) is -4.10. The topological polar surface area (TPSA) is 102 Å². The van der Waals surface area contributed by atoms with Gasteiger partial charge in [0.05, 0.1) is 12.7 Å². The molecule has 2 N–H and O–H groups in total. The molecule has 1 aromatic heterocycles. The lowest BCUT2D eigenvalue weighted by molar-refractivity contribution is -0.146. The van der Waals surface area contributed by atoms with Crippen LogP contribution in [0.3, 0.4) is 0 Å². The van der Waals surface area contributed by atoms with E-state index in [0.717, 1.165) is 11.3 Å². The van der Waals surface area contributed by atoms with Crippen molar-refractivity contribution in [3.05, 3.63) is 34.7 Å². The van der Waals surface area contributed by atoms with E-state index >= 15 is 4.39 Å². The van der Waals surface area contributed by atoms with Crippen molar-refractivity contribution in [1.82, 2.24) is 5.09 Å². The number of aromatic carboxylic acids is 1. The lowest BCUT2D eigenvalue weighted by atomic mass is 10.2. The zero-order valence-electron chi connectivity index (χ0n) is 17.0. The van der Waals surface area contributed by atoms with Gasteiger partial charge in [0.2, 0.25) is 5.91 Å². The molecular weight excluding hydrogens is 432 g/mol. The van der Waals surface area contributed by atoms with E-state index in [0.29, 0.717) is 22.9 Å². The molecule has 30 heavy (non-hydrogen) atoms. The maximum atomic E-state index is 15.5. The van der Waals surface area contributed by atoms with Crippen molar-refractivity contribution in [3.63, 3.8) is 0 Å². The Morgan fingerprint density at radius 1 is 1.30 bits per heavy atom. The highest BCUT2D eigenvalue weighted by molar-refractivity contribution is 7.57. The summed E-state index contributed by atoms with van der Waals surface area (Å²) in [6, 6.07) is 4.95. The third-order valence-corrected chi connectivity index (χ3v) is 7.80. The highest BCUT2D eigenvalue weighted by Crippen LogP contribution is 2.61. The SMILES string of the molecule is CC(C)COC(=O)C(C)NP(=O)(OC1CC1)C(F)c1ccc2sc(C(=O)O)cc2c1. The summed E-state index contributed by atoms with van der Waals surface area (Å²) in [6.45, 7) is 5.44. The quantitative estimate of drug-likeness (QED) is 0.377. The van der Waals surface area contributed by atoms with Crippen molar-refractivity contribution >= 4 is 40.9 Å². The molecular formula is C20H25FNO6PS. The van der Waals surface area contributed by atoms with Crippen LogP contribution in [-0.2, 0) is 18.6 Å². The van der Waals surface area contributed by atoms with E-state index in [1.54, 1.807) is 6.07 Å². The molecule has 1 aromatic carbocycles. The van der Waals surface area contributed by atoms with E-state index in [4.69, 9.17) is 14.4 Å².